The van der Waals surface area contributed by atoms with E-state index in [1.54, 1.807) is 0 Å². The van der Waals surface area contributed by atoms with Gasteiger partial charge in [0.2, 0.25) is 0 Å². The summed E-state index contributed by atoms with van der Waals surface area (Å²) in [7, 11) is 0. The highest BCUT2D eigenvalue weighted by molar-refractivity contribution is 5.57. The zero-order valence-electron chi connectivity index (χ0n) is 10.3. The molecule has 1 N–H and O–H groups in total. The third-order valence-electron chi connectivity index (χ3n) is 2.44. The molecular formula is C14H17N3. The molecule has 0 amide bonds. The van der Waals surface area contributed by atoms with Crippen LogP contribution in [0, 0.1) is 6.92 Å². The number of benzene rings is 1. The Morgan fingerprint density at radius 2 is 1.88 bits per heavy atom. The van der Waals surface area contributed by atoms with Crippen molar-refractivity contribution in [1.82, 2.24) is 9.97 Å². The zero-order valence-corrected chi connectivity index (χ0v) is 10.3. The molecule has 0 bridgehead atoms. The smallest absolute Gasteiger partial charge is 0.161 e. The van der Waals surface area contributed by atoms with E-state index >= 15 is 0 Å². The van der Waals surface area contributed by atoms with E-state index in [0.717, 1.165) is 35.9 Å². The molecule has 1 aromatic carbocycles. The first-order chi connectivity index (χ1) is 8.29. The van der Waals surface area contributed by atoms with E-state index in [-0.39, 0.29) is 0 Å². The molecule has 0 atom stereocenters. The number of nitrogens with one attached hydrogen (secondary N) is 1. The maximum absolute atomic E-state index is 4.52. The average Bonchev–Trinajstić information content (AvgIpc) is 2.37. The quantitative estimate of drug-likeness (QED) is 0.871. The van der Waals surface area contributed by atoms with E-state index in [2.05, 4.69) is 22.2 Å². The standard InChI is InChI=1S/C14H17N3/c1-3-9-15-13-10-11(2)16-14(17-13)12-7-5-4-6-8-12/h4-8,10H,3,9H2,1-2H3,(H,15,16,17). The minimum Gasteiger partial charge on any atom is -0.370 e. The Labute approximate surface area is 102 Å². The van der Waals surface area contributed by atoms with Gasteiger partial charge < -0.3 is 5.32 Å². The Bertz CT molecular complexity index is 480. The molecular weight excluding hydrogens is 210 g/mol. The second kappa shape index (κ2) is 5.43. The molecule has 2 rings (SSSR count). The van der Waals surface area contributed by atoms with Gasteiger partial charge in [0.25, 0.3) is 0 Å². The zero-order chi connectivity index (χ0) is 12.1. The Balaban J connectivity index is 2.32. The molecule has 1 heterocycles. The van der Waals surface area contributed by atoms with Crippen molar-refractivity contribution in [2.45, 2.75) is 20.3 Å². The van der Waals surface area contributed by atoms with Gasteiger partial charge in [0, 0.05) is 23.9 Å². The highest BCUT2D eigenvalue weighted by Gasteiger charge is 2.03. The summed E-state index contributed by atoms with van der Waals surface area (Å²) in [6.07, 6.45) is 1.09. The first kappa shape index (κ1) is 11.6. The molecule has 88 valence electrons. The highest BCUT2D eigenvalue weighted by Crippen LogP contribution is 2.17. The molecule has 0 spiro atoms. The van der Waals surface area contributed by atoms with Crippen LogP contribution in [0.15, 0.2) is 36.4 Å². The fraction of sp³-hybridized carbons (Fsp3) is 0.286. The molecule has 0 radical (unpaired) electrons. The lowest BCUT2D eigenvalue weighted by Crippen LogP contribution is -2.04. The predicted octanol–water partition coefficient (Wildman–Crippen LogP) is 3.27. The topological polar surface area (TPSA) is 37.8 Å². The van der Waals surface area contributed by atoms with E-state index in [9.17, 15) is 0 Å². The van der Waals surface area contributed by atoms with Gasteiger partial charge in [-0.05, 0) is 13.3 Å². The van der Waals surface area contributed by atoms with Crippen LogP contribution in [0.4, 0.5) is 5.82 Å². The monoisotopic (exact) mass is 227 g/mol. The Kier molecular flexibility index (Phi) is 3.70. The summed E-state index contributed by atoms with van der Waals surface area (Å²) in [6.45, 7) is 5.06. The van der Waals surface area contributed by atoms with Gasteiger partial charge in [0.05, 0.1) is 0 Å². The first-order valence-electron chi connectivity index (χ1n) is 5.94. The van der Waals surface area contributed by atoms with Crippen molar-refractivity contribution < 1.29 is 0 Å². The van der Waals surface area contributed by atoms with E-state index in [1.165, 1.54) is 0 Å². The Morgan fingerprint density at radius 1 is 1.12 bits per heavy atom. The Hall–Kier alpha value is -1.90. The number of hydrogen-bond acceptors (Lipinski definition) is 3. The van der Waals surface area contributed by atoms with Crippen LogP contribution >= 0.6 is 0 Å². The maximum atomic E-state index is 4.52. The van der Waals surface area contributed by atoms with Crippen LogP contribution in [0.5, 0.6) is 0 Å². The number of rotatable bonds is 4. The van der Waals surface area contributed by atoms with Crippen molar-refractivity contribution >= 4 is 5.82 Å². The van der Waals surface area contributed by atoms with Crippen LogP contribution in [0.1, 0.15) is 19.0 Å². The summed E-state index contributed by atoms with van der Waals surface area (Å²) in [5.74, 6) is 1.68. The molecule has 0 aliphatic heterocycles. The van der Waals surface area contributed by atoms with Crippen molar-refractivity contribution in [2.24, 2.45) is 0 Å². The summed E-state index contributed by atoms with van der Waals surface area (Å²) < 4.78 is 0. The van der Waals surface area contributed by atoms with Gasteiger partial charge >= 0.3 is 0 Å². The Morgan fingerprint density at radius 3 is 2.59 bits per heavy atom. The lowest BCUT2D eigenvalue weighted by molar-refractivity contribution is 0.962. The molecule has 3 heteroatoms. The van der Waals surface area contributed by atoms with Crippen LogP contribution in [0.25, 0.3) is 11.4 Å². The summed E-state index contributed by atoms with van der Waals surface area (Å²) in [5, 5.41) is 3.29. The number of nitrogens with zero attached hydrogens (tertiary/aromatic N) is 2. The largest absolute Gasteiger partial charge is 0.370 e. The van der Waals surface area contributed by atoms with Crippen LogP contribution in [0.2, 0.25) is 0 Å². The summed E-state index contributed by atoms with van der Waals surface area (Å²) >= 11 is 0. The molecule has 0 aliphatic carbocycles. The van der Waals surface area contributed by atoms with Crippen molar-refractivity contribution in [2.75, 3.05) is 11.9 Å². The van der Waals surface area contributed by atoms with E-state index in [4.69, 9.17) is 0 Å². The number of aryl methyl sites for hydroxylation is 1. The summed E-state index contributed by atoms with van der Waals surface area (Å²) in [6, 6.07) is 12.0. The summed E-state index contributed by atoms with van der Waals surface area (Å²) in [5.41, 5.74) is 2.04. The van der Waals surface area contributed by atoms with Gasteiger partial charge in [0.15, 0.2) is 5.82 Å². The highest BCUT2D eigenvalue weighted by atomic mass is 15.0. The third kappa shape index (κ3) is 3.03. The molecule has 0 saturated carbocycles. The van der Waals surface area contributed by atoms with Gasteiger partial charge in [-0.25, -0.2) is 9.97 Å². The molecule has 0 fully saturated rings. The molecule has 0 aliphatic rings. The van der Waals surface area contributed by atoms with Crippen molar-refractivity contribution in [3.63, 3.8) is 0 Å². The second-order valence-electron chi connectivity index (χ2n) is 4.01. The van der Waals surface area contributed by atoms with Crippen molar-refractivity contribution in [3.8, 4) is 11.4 Å². The minimum absolute atomic E-state index is 0.782. The van der Waals surface area contributed by atoms with Crippen LogP contribution < -0.4 is 5.32 Å². The fourth-order valence-electron chi connectivity index (χ4n) is 1.63. The number of anilines is 1. The number of hydrogen-bond donors (Lipinski definition) is 1. The minimum atomic E-state index is 0.782. The first-order valence-corrected chi connectivity index (χ1v) is 5.94. The van der Waals surface area contributed by atoms with Gasteiger partial charge in [-0.3, -0.25) is 0 Å². The normalized spacial score (nSPS) is 10.2. The molecule has 1 aromatic heterocycles. The van der Waals surface area contributed by atoms with Gasteiger partial charge in [-0.15, -0.1) is 0 Å². The molecule has 0 unspecified atom stereocenters. The lowest BCUT2D eigenvalue weighted by atomic mass is 10.2. The molecule has 3 nitrogen and oxygen atoms in total. The average molecular weight is 227 g/mol. The van der Waals surface area contributed by atoms with Crippen LogP contribution in [-0.2, 0) is 0 Å². The van der Waals surface area contributed by atoms with Crippen molar-refractivity contribution in [1.29, 1.82) is 0 Å². The number of aromatic nitrogens is 2. The SMILES string of the molecule is CCCNc1cc(C)nc(-c2ccccc2)n1. The molecule has 2 aromatic rings. The summed E-state index contributed by atoms with van der Waals surface area (Å²) in [4.78, 5) is 8.98. The van der Waals surface area contributed by atoms with Gasteiger partial charge in [-0.2, -0.15) is 0 Å². The lowest BCUT2D eigenvalue weighted by Gasteiger charge is -2.07. The van der Waals surface area contributed by atoms with Crippen LogP contribution in [-0.4, -0.2) is 16.5 Å². The second-order valence-corrected chi connectivity index (χ2v) is 4.01. The predicted molar refractivity (Wildman–Crippen MR) is 71.0 cm³/mol. The van der Waals surface area contributed by atoms with Crippen LogP contribution in [0.3, 0.4) is 0 Å². The van der Waals surface area contributed by atoms with Gasteiger partial charge in [0.1, 0.15) is 5.82 Å². The van der Waals surface area contributed by atoms with Crippen molar-refractivity contribution in [3.05, 3.63) is 42.1 Å². The van der Waals surface area contributed by atoms with E-state index < -0.39 is 0 Å². The fourth-order valence-corrected chi connectivity index (χ4v) is 1.63. The molecule has 0 saturated heterocycles. The maximum Gasteiger partial charge on any atom is 0.161 e. The molecule has 17 heavy (non-hydrogen) atoms. The van der Waals surface area contributed by atoms with Gasteiger partial charge in [-0.1, -0.05) is 37.3 Å². The van der Waals surface area contributed by atoms with E-state index in [1.807, 2.05) is 43.3 Å². The van der Waals surface area contributed by atoms with E-state index in [0.29, 0.717) is 0 Å². The third-order valence-corrected chi connectivity index (χ3v) is 2.44.